The van der Waals surface area contributed by atoms with Crippen LogP contribution in [0.3, 0.4) is 0 Å². The maximum Gasteiger partial charge on any atom is 0.226 e. The van der Waals surface area contributed by atoms with Crippen molar-refractivity contribution in [2.45, 2.75) is 18.9 Å². The summed E-state index contributed by atoms with van der Waals surface area (Å²) in [6, 6.07) is 0.0983. The number of aromatic nitrogens is 4. The van der Waals surface area contributed by atoms with Crippen LogP contribution in [0.2, 0.25) is 5.28 Å². The van der Waals surface area contributed by atoms with E-state index in [0.717, 1.165) is 30.7 Å². The first-order valence-electron chi connectivity index (χ1n) is 5.92. The molecule has 1 fully saturated rings. The van der Waals surface area contributed by atoms with Crippen molar-refractivity contribution < 1.29 is 5.11 Å². The number of aryl methyl sites for hydroxylation is 1. The van der Waals surface area contributed by atoms with Gasteiger partial charge in [-0.1, -0.05) is 0 Å². The van der Waals surface area contributed by atoms with Crippen LogP contribution in [0.15, 0.2) is 6.33 Å². The predicted molar refractivity (Wildman–Crippen MR) is 68.8 cm³/mol. The monoisotopic (exact) mass is 267 g/mol. The smallest absolute Gasteiger partial charge is 0.226 e. The molecular formula is C11H14ClN5O. The molecule has 2 aromatic rings. The first-order valence-corrected chi connectivity index (χ1v) is 6.30. The van der Waals surface area contributed by atoms with Crippen molar-refractivity contribution >= 4 is 28.6 Å². The van der Waals surface area contributed by atoms with Crippen LogP contribution < -0.4 is 4.90 Å². The van der Waals surface area contributed by atoms with Crippen LogP contribution >= 0.6 is 11.6 Å². The Balaban J connectivity index is 2.16. The molecule has 1 N–H and O–H groups in total. The van der Waals surface area contributed by atoms with Crippen molar-refractivity contribution in [3.05, 3.63) is 11.6 Å². The van der Waals surface area contributed by atoms with Crippen molar-refractivity contribution in [1.82, 2.24) is 19.5 Å². The number of rotatable bonds is 2. The first kappa shape index (κ1) is 11.7. The lowest BCUT2D eigenvalue weighted by atomic mass is 10.2. The minimum Gasteiger partial charge on any atom is -0.394 e. The second-order valence-electron chi connectivity index (χ2n) is 4.52. The Morgan fingerprint density at radius 2 is 2.33 bits per heavy atom. The normalized spacial score (nSPS) is 19.9. The average Bonchev–Trinajstić information content (AvgIpc) is 2.96. The van der Waals surface area contributed by atoms with E-state index in [1.54, 1.807) is 6.33 Å². The van der Waals surface area contributed by atoms with Gasteiger partial charge in [-0.25, -0.2) is 4.98 Å². The SMILES string of the molecule is Cn1cnc2c(N3CCCC3CO)nc(Cl)nc21. The molecule has 18 heavy (non-hydrogen) atoms. The molecule has 0 radical (unpaired) electrons. The summed E-state index contributed by atoms with van der Waals surface area (Å²) in [6.07, 6.45) is 3.71. The molecule has 2 aromatic heterocycles. The maximum atomic E-state index is 9.40. The van der Waals surface area contributed by atoms with Gasteiger partial charge >= 0.3 is 0 Å². The van der Waals surface area contributed by atoms with Gasteiger partial charge in [-0.05, 0) is 24.4 Å². The Morgan fingerprint density at radius 1 is 1.50 bits per heavy atom. The van der Waals surface area contributed by atoms with E-state index in [1.807, 2.05) is 11.6 Å². The summed E-state index contributed by atoms with van der Waals surface area (Å²) in [7, 11) is 1.87. The number of nitrogens with zero attached hydrogens (tertiary/aromatic N) is 5. The van der Waals surface area contributed by atoms with Crippen LogP contribution in [0.1, 0.15) is 12.8 Å². The Bertz CT molecular complexity index is 584. The quantitative estimate of drug-likeness (QED) is 0.822. The second-order valence-corrected chi connectivity index (χ2v) is 4.85. The van der Waals surface area contributed by atoms with Gasteiger partial charge in [-0.15, -0.1) is 0 Å². The molecule has 3 rings (SSSR count). The molecule has 96 valence electrons. The van der Waals surface area contributed by atoms with Crippen molar-refractivity contribution in [3.63, 3.8) is 0 Å². The Kier molecular flexibility index (Phi) is 2.83. The van der Waals surface area contributed by atoms with E-state index >= 15 is 0 Å². The molecule has 0 amide bonds. The molecule has 0 spiro atoms. The van der Waals surface area contributed by atoms with Gasteiger partial charge in [0.05, 0.1) is 19.0 Å². The van der Waals surface area contributed by atoms with E-state index in [4.69, 9.17) is 11.6 Å². The highest BCUT2D eigenvalue weighted by atomic mass is 35.5. The topological polar surface area (TPSA) is 67.1 Å². The zero-order valence-electron chi connectivity index (χ0n) is 10.0. The summed E-state index contributed by atoms with van der Waals surface area (Å²) < 4.78 is 1.82. The molecule has 7 heteroatoms. The zero-order chi connectivity index (χ0) is 12.7. The fraction of sp³-hybridized carbons (Fsp3) is 0.545. The standard InChI is InChI=1S/C11H14ClN5O/c1-16-6-13-8-9(16)14-11(12)15-10(8)17-4-2-3-7(17)5-18/h6-7,18H,2-5H2,1H3. The number of anilines is 1. The van der Waals surface area contributed by atoms with Gasteiger partial charge < -0.3 is 14.6 Å². The molecule has 0 aromatic carbocycles. The molecule has 1 saturated heterocycles. The van der Waals surface area contributed by atoms with Crippen LogP contribution in [-0.2, 0) is 7.05 Å². The highest BCUT2D eigenvalue weighted by Crippen LogP contribution is 2.29. The van der Waals surface area contributed by atoms with Gasteiger partial charge in [-0.2, -0.15) is 9.97 Å². The van der Waals surface area contributed by atoms with Crippen molar-refractivity contribution in [2.24, 2.45) is 7.05 Å². The Labute approximate surface area is 109 Å². The minimum atomic E-state index is 0.0983. The fourth-order valence-corrected chi connectivity index (χ4v) is 2.63. The van der Waals surface area contributed by atoms with E-state index in [0.29, 0.717) is 5.65 Å². The van der Waals surface area contributed by atoms with Crippen LogP contribution in [0.4, 0.5) is 5.82 Å². The average molecular weight is 268 g/mol. The Hall–Kier alpha value is -1.40. The first-order chi connectivity index (χ1) is 8.70. The fourth-order valence-electron chi connectivity index (χ4n) is 2.47. The van der Waals surface area contributed by atoms with Gasteiger partial charge in [0.15, 0.2) is 17.0 Å². The van der Waals surface area contributed by atoms with Crippen molar-refractivity contribution in [3.8, 4) is 0 Å². The number of hydrogen-bond donors (Lipinski definition) is 1. The van der Waals surface area contributed by atoms with E-state index in [2.05, 4.69) is 19.9 Å². The lowest BCUT2D eigenvalue weighted by Gasteiger charge is -2.24. The molecule has 1 aliphatic heterocycles. The number of hydrogen-bond acceptors (Lipinski definition) is 5. The van der Waals surface area contributed by atoms with E-state index in [-0.39, 0.29) is 17.9 Å². The van der Waals surface area contributed by atoms with Crippen LogP contribution in [-0.4, -0.2) is 43.8 Å². The van der Waals surface area contributed by atoms with Gasteiger partial charge in [0, 0.05) is 13.6 Å². The molecular weight excluding hydrogens is 254 g/mol. The number of imidazole rings is 1. The highest BCUT2D eigenvalue weighted by molar-refractivity contribution is 6.28. The van der Waals surface area contributed by atoms with E-state index < -0.39 is 0 Å². The van der Waals surface area contributed by atoms with Gasteiger partial charge in [-0.3, -0.25) is 0 Å². The molecule has 1 aliphatic rings. The van der Waals surface area contributed by atoms with Crippen LogP contribution in [0, 0.1) is 0 Å². The summed E-state index contributed by atoms with van der Waals surface area (Å²) in [5, 5.41) is 9.61. The third-order valence-electron chi connectivity index (χ3n) is 3.37. The third kappa shape index (κ3) is 1.72. The van der Waals surface area contributed by atoms with E-state index in [9.17, 15) is 5.11 Å². The lowest BCUT2D eigenvalue weighted by Crippen LogP contribution is -2.33. The summed E-state index contributed by atoms with van der Waals surface area (Å²) in [6.45, 7) is 0.986. The molecule has 1 atom stereocenters. The second kappa shape index (κ2) is 4.37. The predicted octanol–water partition coefficient (Wildman–Crippen LogP) is 0.978. The van der Waals surface area contributed by atoms with E-state index in [1.165, 1.54) is 0 Å². The number of aliphatic hydroxyl groups excluding tert-OH is 1. The minimum absolute atomic E-state index is 0.0983. The molecule has 3 heterocycles. The third-order valence-corrected chi connectivity index (χ3v) is 3.54. The van der Waals surface area contributed by atoms with Gasteiger partial charge in [0.2, 0.25) is 5.28 Å². The summed E-state index contributed by atoms with van der Waals surface area (Å²) in [5.41, 5.74) is 1.45. The van der Waals surface area contributed by atoms with Crippen LogP contribution in [0.5, 0.6) is 0 Å². The molecule has 0 aliphatic carbocycles. The Morgan fingerprint density at radius 3 is 3.11 bits per heavy atom. The number of fused-ring (bicyclic) bond motifs is 1. The van der Waals surface area contributed by atoms with Gasteiger partial charge in [0.1, 0.15) is 0 Å². The largest absolute Gasteiger partial charge is 0.394 e. The summed E-state index contributed by atoms with van der Waals surface area (Å²) in [4.78, 5) is 14.9. The summed E-state index contributed by atoms with van der Waals surface area (Å²) >= 11 is 5.97. The molecule has 6 nitrogen and oxygen atoms in total. The number of halogens is 1. The zero-order valence-corrected chi connectivity index (χ0v) is 10.8. The van der Waals surface area contributed by atoms with Crippen LogP contribution in [0.25, 0.3) is 11.2 Å². The maximum absolute atomic E-state index is 9.40. The number of aliphatic hydroxyl groups is 1. The van der Waals surface area contributed by atoms with Gasteiger partial charge in [0.25, 0.3) is 0 Å². The lowest BCUT2D eigenvalue weighted by molar-refractivity contribution is 0.266. The highest BCUT2D eigenvalue weighted by Gasteiger charge is 2.28. The molecule has 1 unspecified atom stereocenters. The molecule has 0 saturated carbocycles. The van der Waals surface area contributed by atoms with Crippen molar-refractivity contribution in [2.75, 3.05) is 18.1 Å². The van der Waals surface area contributed by atoms with Crippen molar-refractivity contribution in [1.29, 1.82) is 0 Å². The molecule has 0 bridgehead atoms. The summed E-state index contributed by atoms with van der Waals surface area (Å²) in [5.74, 6) is 0.724.